The van der Waals surface area contributed by atoms with Crippen LogP contribution in [-0.4, -0.2) is 15.7 Å². The molecule has 5 nitrogen and oxygen atoms in total. The number of aryl methyl sites for hydroxylation is 1. The summed E-state index contributed by atoms with van der Waals surface area (Å²) in [4.78, 5) is 26.8. The summed E-state index contributed by atoms with van der Waals surface area (Å²) in [6, 6.07) is 19.2. The maximum Gasteiger partial charge on any atom is 0.274 e. The van der Waals surface area contributed by atoms with Gasteiger partial charge in [-0.1, -0.05) is 62.4 Å². The normalized spacial score (nSPS) is 13.1. The molecule has 2 atom stereocenters. The van der Waals surface area contributed by atoms with Crippen molar-refractivity contribution < 1.29 is 4.79 Å². The van der Waals surface area contributed by atoms with Crippen LogP contribution in [0.1, 0.15) is 58.7 Å². The van der Waals surface area contributed by atoms with Gasteiger partial charge in [0.15, 0.2) is 5.69 Å². The van der Waals surface area contributed by atoms with Gasteiger partial charge in [-0.05, 0) is 41.0 Å². The topological polar surface area (TPSA) is 64.0 Å². The Bertz CT molecular complexity index is 1260. The minimum Gasteiger partial charge on any atom is -0.339 e. The number of rotatable bonds is 6. The Morgan fingerprint density at radius 1 is 1.03 bits per heavy atom. The van der Waals surface area contributed by atoms with Gasteiger partial charge in [-0.3, -0.25) is 9.59 Å². The highest BCUT2D eigenvalue weighted by Crippen LogP contribution is 2.28. The predicted molar refractivity (Wildman–Crippen MR) is 126 cm³/mol. The van der Waals surface area contributed by atoms with Crippen LogP contribution in [0.25, 0.3) is 10.8 Å². The molecule has 0 unspecified atom stereocenters. The van der Waals surface area contributed by atoms with E-state index in [1.165, 1.54) is 10.2 Å². The molecule has 0 bridgehead atoms. The summed E-state index contributed by atoms with van der Waals surface area (Å²) in [5.41, 5.74) is 2.32. The lowest BCUT2D eigenvalue weighted by Gasteiger charge is -2.19. The fourth-order valence-electron chi connectivity index (χ4n) is 3.69. The molecule has 0 spiro atoms. The lowest BCUT2D eigenvalue weighted by molar-refractivity contribution is 0.0938. The molecule has 2 heterocycles. The highest BCUT2D eigenvalue weighted by Gasteiger charge is 2.22. The molecule has 0 fully saturated rings. The second-order valence-corrected chi connectivity index (χ2v) is 8.70. The quantitative estimate of drug-likeness (QED) is 0.466. The molecule has 1 amide bonds. The van der Waals surface area contributed by atoms with E-state index in [9.17, 15) is 9.59 Å². The van der Waals surface area contributed by atoms with Crippen molar-refractivity contribution >= 4 is 28.0 Å². The summed E-state index contributed by atoms with van der Waals surface area (Å²) >= 11 is 1.60. The van der Waals surface area contributed by atoms with Crippen molar-refractivity contribution in [1.82, 2.24) is 15.1 Å². The highest BCUT2D eigenvalue weighted by atomic mass is 32.1. The second kappa shape index (κ2) is 8.86. The molecule has 1 N–H and O–H groups in total. The van der Waals surface area contributed by atoms with Crippen molar-refractivity contribution in [2.75, 3.05) is 0 Å². The van der Waals surface area contributed by atoms with Crippen LogP contribution < -0.4 is 10.9 Å². The third-order valence-corrected chi connectivity index (χ3v) is 6.66. The Kier molecular flexibility index (Phi) is 6.00. The van der Waals surface area contributed by atoms with Gasteiger partial charge < -0.3 is 5.32 Å². The van der Waals surface area contributed by atoms with Crippen molar-refractivity contribution in [1.29, 1.82) is 0 Å². The first-order chi connectivity index (χ1) is 15.0. The first kappa shape index (κ1) is 21.0. The molecule has 158 valence electrons. The van der Waals surface area contributed by atoms with Crippen LogP contribution in [0, 0.1) is 0 Å². The summed E-state index contributed by atoms with van der Waals surface area (Å²) < 4.78 is 1.22. The van der Waals surface area contributed by atoms with Crippen LogP contribution in [-0.2, 0) is 7.05 Å². The van der Waals surface area contributed by atoms with E-state index >= 15 is 0 Å². The Balaban J connectivity index is 1.72. The van der Waals surface area contributed by atoms with Gasteiger partial charge in [0.2, 0.25) is 0 Å². The maximum absolute atomic E-state index is 13.3. The Labute approximate surface area is 185 Å². The van der Waals surface area contributed by atoms with Crippen molar-refractivity contribution in [2.24, 2.45) is 7.05 Å². The van der Waals surface area contributed by atoms with Gasteiger partial charge in [0.05, 0.1) is 11.4 Å². The van der Waals surface area contributed by atoms with E-state index in [4.69, 9.17) is 0 Å². The molecule has 0 aliphatic rings. The van der Waals surface area contributed by atoms with E-state index in [2.05, 4.69) is 48.5 Å². The number of fused-ring (bicyclic) bond motifs is 1. The van der Waals surface area contributed by atoms with Crippen molar-refractivity contribution in [3.05, 3.63) is 98.1 Å². The average molecular weight is 432 g/mol. The first-order valence-corrected chi connectivity index (χ1v) is 11.3. The Hall–Kier alpha value is -3.25. The number of thiophene rings is 1. The Morgan fingerprint density at radius 2 is 1.71 bits per heavy atom. The maximum atomic E-state index is 13.3. The molecule has 4 aromatic rings. The number of amides is 1. The third-order valence-electron chi connectivity index (χ3n) is 5.73. The fourth-order valence-corrected chi connectivity index (χ4v) is 4.50. The summed E-state index contributed by atoms with van der Waals surface area (Å²) in [5, 5.41) is 10.5. The standard InChI is InChI=1S/C25H25N3O2S/c1-4-16(2)17-11-13-18(14-12-17)22(21-10-7-15-31-21)26-24(29)23-19-8-5-6-9-20(19)25(30)28(3)27-23/h5-16,22H,4H2,1-3H3,(H,26,29)/t16-,22+/m1/s1. The molecule has 0 aliphatic carbocycles. The molecule has 0 saturated carbocycles. The van der Waals surface area contributed by atoms with Gasteiger partial charge >= 0.3 is 0 Å². The molecule has 0 aliphatic heterocycles. The van der Waals surface area contributed by atoms with Gasteiger partial charge in [0.25, 0.3) is 11.5 Å². The molecule has 31 heavy (non-hydrogen) atoms. The summed E-state index contributed by atoms with van der Waals surface area (Å²) in [5.74, 6) is 0.182. The van der Waals surface area contributed by atoms with Gasteiger partial charge in [-0.25, -0.2) is 4.68 Å². The van der Waals surface area contributed by atoms with Crippen LogP contribution in [0.5, 0.6) is 0 Å². The van der Waals surface area contributed by atoms with E-state index in [-0.39, 0.29) is 23.2 Å². The van der Waals surface area contributed by atoms with E-state index in [0.29, 0.717) is 16.7 Å². The first-order valence-electron chi connectivity index (χ1n) is 10.4. The molecule has 6 heteroatoms. The third kappa shape index (κ3) is 4.16. The van der Waals surface area contributed by atoms with Crippen LogP contribution in [0.2, 0.25) is 0 Å². The van der Waals surface area contributed by atoms with Crippen molar-refractivity contribution in [3.8, 4) is 0 Å². The molecular weight excluding hydrogens is 406 g/mol. The van der Waals surface area contributed by atoms with E-state index in [1.807, 2.05) is 23.6 Å². The lowest BCUT2D eigenvalue weighted by Crippen LogP contribution is -2.32. The number of carbonyl (C=O) groups excluding carboxylic acids is 1. The molecule has 2 aromatic carbocycles. The SMILES string of the molecule is CC[C@@H](C)c1ccc([C@H](NC(=O)c2nn(C)c(=O)c3ccccc23)c2cccs2)cc1. The van der Waals surface area contributed by atoms with Crippen LogP contribution >= 0.6 is 11.3 Å². The van der Waals surface area contributed by atoms with Gasteiger partial charge in [0, 0.05) is 17.3 Å². The number of nitrogens with one attached hydrogen (secondary N) is 1. The zero-order valence-electron chi connectivity index (χ0n) is 17.8. The molecule has 4 rings (SSSR count). The summed E-state index contributed by atoms with van der Waals surface area (Å²) in [6.07, 6.45) is 1.08. The van der Waals surface area contributed by atoms with E-state index in [0.717, 1.165) is 16.9 Å². The average Bonchev–Trinajstić information content (AvgIpc) is 3.34. The largest absolute Gasteiger partial charge is 0.339 e. The second-order valence-electron chi connectivity index (χ2n) is 7.72. The molecule has 0 saturated heterocycles. The number of aromatic nitrogens is 2. The Morgan fingerprint density at radius 3 is 2.35 bits per heavy atom. The number of hydrogen-bond donors (Lipinski definition) is 1. The minimum atomic E-state index is -0.309. The fraction of sp³-hybridized carbons (Fsp3) is 0.240. The van der Waals surface area contributed by atoms with Crippen molar-refractivity contribution in [3.63, 3.8) is 0 Å². The van der Waals surface area contributed by atoms with Crippen LogP contribution in [0.15, 0.2) is 70.8 Å². The lowest BCUT2D eigenvalue weighted by atomic mass is 9.95. The van der Waals surface area contributed by atoms with E-state index in [1.54, 1.807) is 36.6 Å². The monoisotopic (exact) mass is 431 g/mol. The van der Waals surface area contributed by atoms with Gasteiger partial charge in [-0.15, -0.1) is 11.3 Å². The zero-order chi connectivity index (χ0) is 22.0. The smallest absolute Gasteiger partial charge is 0.274 e. The molecule has 0 radical (unpaired) electrons. The van der Waals surface area contributed by atoms with Crippen molar-refractivity contribution in [2.45, 2.75) is 32.2 Å². The molecular formula is C25H25N3O2S. The van der Waals surface area contributed by atoms with Crippen LogP contribution in [0.3, 0.4) is 0 Å². The summed E-state index contributed by atoms with van der Waals surface area (Å²) in [6.45, 7) is 4.39. The van der Waals surface area contributed by atoms with Gasteiger partial charge in [0.1, 0.15) is 0 Å². The number of hydrogen-bond acceptors (Lipinski definition) is 4. The van der Waals surface area contributed by atoms with Gasteiger partial charge in [-0.2, -0.15) is 5.10 Å². The summed E-state index contributed by atoms with van der Waals surface area (Å²) in [7, 11) is 1.57. The highest BCUT2D eigenvalue weighted by molar-refractivity contribution is 7.10. The predicted octanol–water partition coefficient (Wildman–Crippen LogP) is 5.03. The number of benzene rings is 2. The van der Waals surface area contributed by atoms with Crippen LogP contribution in [0.4, 0.5) is 0 Å². The zero-order valence-corrected chi connectivity index (χ0v) is 18.6. The van der Waals surface area contributed by atoms with E-state index < -0.39 is 0 Å². The molecule has 2 aromatic heterocycles. The number of nitrogens with zero attached hydrogens (tertiary/aromatic N) is 2. The number of carbonyl (C=O) groups is 1. The minimum absolute atomic E-state index is 0.220.